The molecule has 1 heterocycles. The quantitative estimate of drug-likeness (QED) is 0.568. The predicted molar refractivity (Wildman–Crippen MR) is 62.8 cm³/mol. The van der Waals surface area contributed by atoms with Crippen LogP contribution in [0.2, 0.25) is 0 Å². The molecule has 3 nitrogen and oxygen atoms in total. The van der Waals surface area contributed by atoms with Crippen LogP contribution in [0.25, 0.3) is 11.3 Å². The average molecular weight is 217 g/mol. The maximum absolute atomic E-state index is 5.38. The van der Waals surface area contributed by atoms with Gasteiger partial charge in [-0.15, -0.1) is 11.3 Å². The van der Waals surface area contributed by atoms with E-state index in [4.69, 9.17) is 5.84 Å². The lowest BCUT2D eigenvalue weighted by molar-refractivity contribution is 0.955. The fourth-order valence-corrected chi connectivity index (χ4v) is 2.90. The van der Waals surface area contributed by atoms with Crippen LogP contribution in [0, 0.1) is 0 Å². The molecule has 1 aromatic carbocycles. The summed E-state index contributed by atoms with van der Waals surface area (Å²) in [4.78, 5) is 5.83. The van der Waals surface area contributed by atoms with E-state index in [0.717, 1.165) is 23.7 Å². The lowest BCUT2D eigenvalue weighted by Gasteiger charge is -2.13. The Hall–Kier alpha value is -1.39. The summed E-state index contributed by atoms with van der Waals surface area (Å²) in [6, 6.07) is 8.45. The van der Waals surface area contributed by atoms with E-state index in [1.807, 2.05) is 0 Å². The number of thiazole rings is 1. The van der Waals surface area contributed by atoms with Crippen LogP contribution in [0.15, 0.2) is 24.3 Å². The molecule has 0 aliphatic heterocycles. The largest absolute Gasteiger partial charge is 0.300 e. The van der Waals surface area contributed by atoms with Gasteiger partial charge in [0.2, 0.25) is 0 Å². The van der Waals surface area contributed by atoms with Crippen LogP contribution in [0.5, 0.6) is 0 Å². The molecule has 0 radical (unpaired) electrons. The van der Waals surface area contributed by atoms with E-state index >= 15 is 0 Å². The van der Waals surface area contributed by atoms with Crippen molar-refractivity contribution in [2.45, 2.75) is 12.8 Å². The van der Waals surface area contributed by atoms with Gasteiger partial charge in [0.1, 0.15) is 0 Å². The topological polar surface area (TPSA) is 50.9 Å². The summed E-state index contributed by atoms with van der Waals surface area (Å²) < 4.78 is 0. The van der Waals surface area contributed by atoms with Gasteiger partial charge in [-0.25, -0.2) is 10.8 Å². The van der Waals surface area contributed by atoms with E-state index in [0.29, 0.717) is 0 Å². The minimum Gasteiger partial charge on any atom is -0.300 e. The van der Waals surface area contributed by atoms with Gasteiger partial charge in [-0.3, -0.25) is 5.43 Å². The summed E-state index contributed by atoms with van der Waals surface area (Å²) in [6.07, 6.45) is 2.18. The van der Waals surface area contributed by atoms with Crippen LogP contribution in [0.4, 0.5) is 5.13 Å². The monoisotopic (exact) mass is 217 g/mol. The van der Waals surface area contributed by atoms with Gasteiger partial charge in [-0.05, 0) is 18.4 Å². The number of aromatic nitrogens is 1. The number of aryl methyl sites for hydroxylation is 2. The zero-order chi connectivity index (χ0) is 10.3. The molecule has 3 N–H and O–H groups in total. The Kier molecular flexibility index (Phi) is 1.97. The number of rotatable bonds is 1. The fraction of sp³-hybridized carbons (Fsp3) is 0.182. The molecule has 0 saturated carbocycles. The Morgan fingerprint density at radius 3 is 3.00 bits per heavy atom. The number of anilines is 1. The first-order valence-electron chi connectivity index (χ1n) is 4.93. The van der Waals surface area contributed by atoms with Crippen molar-refractivity contribution in [3.8, 4) is 11.3 Å². The number of nitrogen functional groups attached to an aromatic ring is 1. The summed E-state index contributed by atoms with van der Waals surface area (Å²) in [5, 5.41) is 0.803. The highest BCUT2D eigenvalue weighted by Crippen LogP contribution is 2.37. The zero-order valence-corrected chi connectivity index (χ0v) is 8.97. The molecule has 2 aromatic rings. The van der Waals surface area contributed by atoms with Gasteiger partial charge < -0.3 is 0 Å². The van der Waals surface area contributed by atoms with Crippen LogP contribution in [0.3, 0.4) is 0 Å². The molecule has 0 fully saturated rings. The molecule has 4 heteroatoms. The summed E-state index contributed by atoms with van der Waals surface area (Å²) >= 11 is 1.65. The van der Waals surface area contributed by atoms with Crippen LogP contribution in [-0.2, 0) is 12.8 Å². The first kappa shape index (κ1) is 8.88. The first-order valence-corrected chi connectivity index (χ1v) is 5.75. The van der Waals surface area contributed by atoms with Gasteiger partial charge >= 0.3 is 0 Å². The molecule has 0 saturated heterocycles. The molecule has 3 rings (SSSR count). The average Bonchev–Trinajstić information content (AvgIpc) is 2.72. The molecule has 15 heavy (non-hydrogen) atoms. The van der Waals surface area contributed by atoms with Gasteiger partial charge in [0.05, 0.1) is 5.69 Å². The molecule has 0 amide bonds. The van der Waals surface area contributed by atoms with Crippen molar-refractivity contribution in [1.29, 1.82) is 0 Å². The van der Waals surface area contributed by atoms with E-state index in [1.165, 1.54) is 16.0 Å². The van der Waals surface area contributed by atoms with E-state index in [1.54, 1.807) is 11.3 Å². The minimum absolute atomic E-state index is 0.803. The number of hydrazine groups is 1. The number of hydrogen-bond acceptors (Lipinski definition) is 4. The Balaban J connectivity index is 2.20. The lowest BCUT2D eigenvalue weighted by Crippen LogP contribution is -2.06. The smallest absolute Gasteiger partial charge is 0.197 e. The highest BCUT2D eigenvalue weighted by molar-refractivity contribution is 7.16. The maximum Gasteiger partial charge on any atom is 0.197 e. The number of nitrogens with one attached hydrogen (secondary N) is 1. The van der Waals surface area contributed by atoms with Gasteiger partial charge in [-0.1, -0.05) is 24.3 Å². The Labute approximate surface area is 91.9 Å². The molecular formula is C11H11N3S. The van der Waals surface area contributed by atoms with Crippen LogP contribution in [0.1, 0.15) is 10.4 Å². The predicted octanol–water partition coefficient (Wildman–Crippen LogP) is 2.19. The molecule has 0 spiro atoms. The highest BCUT2D eigenvalue weighted by Gasteiger charge is 2.19. The molecule has 1 aliphatic carbocycles. The highest BCUT2D eigenvalue weighted by atomic mass is 32.1. The third-order valence-electron chi connectivity index (χ3n) is 2.71. The Morgan fingerprint density at radius 1 is 1.27 bits per heavy atom. The molecule has 0 bridgehead atoms. The van der Waals surface area contributed by atoms with Gasteiger partial charge in [-0.2, -0.15) is 0 Å². The van der Waals surface area contributed by atoms with Crippen molar-refractivity contribution in [2.75, 3.05) is 5.43 Å². The van der Waals surface area contributed by atoms with Gasteiger partial charge in [0.15, 0.2) is 5.13 Å². The van der Waals surface area contributed by atoms with E-state index in [2.05, 4.69) is 34.7 Å². The molecule has 1 aliphatic rings. The molecule has 76 valence electrons. The number of fused-ring (bicyclic) bond motifs is 3. The third-order valence-corrected chi connectivity index (χ3v) is 3.76. The zero-order valence-electron chi connectivity index (χ0n) is 8.16. The van der Waals surface area contributed by atoms with Crippen LogP contribution < -0.4 is 11.3 Å². The van der Waals surface area contributed by atoms with Crippen LogP contribution in [-0.4, -0.2) is 4.98 Å². The van der Waals surface area contributed by atoms with Crippen LogP contribution >= 0.6 is 11.3 Å². The second-order valence-electron chi connectivity index (χ2n) is 3.59. The van der Waals surface area contributed by atoms with E-state index in [9.17, 15) is 0 Å². The molecule has 0 unspecified atom stereocenters. The van der Waals surface area contributed by atoms with Gasteiger partial charge in [0.25, 0.3) is 0 Å². The summed E-state index contributed by atoms with van der Waals surface area (Å²) in [6.45, 7) is 0. The summed E-state index contributed by atoms with van der Waals surface area (Å²) in [5.41, 5.74) is 6.38. The third kappa shape index (κ3) is 1.33. The van der Waals surface area contributed by atoms with Crippen molar-refractivity contribution in [3.05, 3.63) is 34.7 Å². The molecular weight excluding hydrogens is 206 g/mol. The second-order valence-corrected chi connectivity index (χ2v) is 4.68. The number of nitrogens with zero attached hydrogens (tertiary/aromatic N) is 1. The maximum atomic E-state index is 5.38. The van der Waals surface area contributed by atoms with E-state index < -0.39 is 0 Å². The molecule has 1 aromatic heterocycles. The normalized spacial score (nSPS) is 13.1. The Bertz CT molecular complexity index is 504. The second kappa shape index (κ2) is 3.32. The fourth-order valence-electron chi connectivity index (χ4n) is 2.01. The van der Waals surface area contributed by atoms with Crippen molar-refractivity contribution >= 4 is 16.5 Å². The summed E-state index contributed by atoms with van der Waals surface area (Å²) in [5.74, 6) is 5.38. The number of hydrogen-bond donors (Lipinski definition) is 2. The standard InChI is InChI=1S/C11H11N3S/c12-14-11-13-10-8-4-2-1-3-7(8)5-6-9(10)15-11/h1-4H,5-6,12H2,(H,13,14). The number of benzene rings is 1. The number of nitrogens with two attached hydrogens (primary N) is 1. The van der Waals surface area contributed by atoms with Crippen molar-refractivity contribution < 1.29 is 0 Å². The van der Waals surface area contributed by atoms with Crippen molar-refractivity contribution in [2.24, 2.45) is 5.84 Å². The SMILES string of the molecule is NNc1nc2c(s1)CCc1ccccc1-2. The van der Waals surface area contributed by atoms with E-state index in [-0.39, 0.29) is 0 Å². The first-order chi connectivity index (χ1) is 7.38. The Morgan fingerprint density at radius 2 is 2.13 bits per heavy atom. The molecule has 0 atom stereocenters. The minimum atomic E-state index is 0.803. The van der Waals surface area contributed by atoms with Crippen molar-refractivity contribution in [3.63, 3.8) is 0 Å². The lowest BCUT2D eigenvalue weighted by atomic mass is 9.94. The van der Waals surface area contributed by atoms with Gasteiger partial charge in [0, 0.05) is 10.4 Å². The van der Waals surface area contributed by atoms with Crippen molar-refractivity contribution in [1.82, 2.24) is 4.98 Å². The summed E-state index contributed by atoms with van der Waals surface area (Å²) in [7, 11) is 0.